The molecule has 90 valence electrons. The predicted octanol–water partition coefficient (Wildman–Crippen LogP) is 3.78. The van der Waals surface area contributed by atoms with Gasteiger partial charge in [-0.1, -0.05) is 20.8 Å². The zero-order valence-electron chi connectivity index (χ0n) is 10.3. The molecule has 1 aromatic carbocycles. The van der Waals surface area contributed by atoms with Crippen LogP contribution in [0.3, 0.4) is 0 Å². The number of H-pyrrole nitrogens is 1. The maximum Gasteiger partial charge on any atom is 0.168 e. The highest BCUT2D eigenvalue weighted by molar-refractivity contribution is 6.08. The fraction of sp³-hybridized carbons (Fsp3) is 0.357. The largest absolute Gasteiger partial charge is 0.360 e. The number of rotatable bonds is 3. The molecule has 2 aromatic rings. The zero-order valence-corrected chi connectivity index (χ0v) is 10.3. The van der Waals surface area contributed by atoms with Crippen LogP contribution >= 0.6 is 0 Å². The Hall–Kier alpha value is -1.64. The fourth-order valence-corrected chi connectivity index (χ4v) is 1.84. The van der Waals surface area contributed by atoms with Crippen LogP contribution in [0.5, 0.6) is 0 Å². The molecule has 0 aliphatic carbocycles. The van der Waals surface area contributed by atoms with Gasteiger partial charge in [-0.3, -0.25) is 4.79 Å². The van der Waals surface area contributed by atoms with Crippen molar-refractivity contribution in [2.45, 2.75) is 20.8 Å². The first-order chi connectivity index (χ1) is 8.00. The van der Waals surface area contributed by atoms with Crippen molar-refractivity contribution in [1.29, 1.82) is 0 Å². The summed E-state index contributed by atoms with van der Waals surface area (Å²) >= 11 is 0. The summed E-state index contributed by atoms with van der Waals surface area (Å²) in [6.07, 6.45) is 1.67. The van der Waals surface area contributed by atoms with Gasteiger partial charge in [0, 0.05) is 28.6 Å². The van der Waals surface area contributed by atoms with Gasteiger partial charge in [0.2, 0.25) is 0 Å². The van der Waals surface area contributed by atoms with Crippen molar-refractivity contribution in [3.05, 3.63) is 35.8 Å². The second-order valence-electron chi connectivity index (χ2n) is 4.79. The fourth-order valence-electron chi connectivity index (χ4n) is 1.84. The summed E-state index contributed by atoms with van der Waals surface area (Å²) in [5, 5.41) is 0.669. The lowest BCUT2D eigenvalue weighted by molar-refractivity contribution is 0.0901. The van der Waals surface area contributed by atoms with Crippen LogP contribution in [0.2, 0.25) is 0 Å². The Kier molecular flexibility index (Phi) is 3.01. The van der Waals surface area contributed by atoms with E-state index in [2.05, 4.69) is 4.98 Å². The zero-order chi connectivity index (χ0) is 12.6. The molecule has 1 unspecified atom stereocenters. The molecule has 0 saturated carbocycles. The van der Waals surface area contributed by atoms with E-state index >= 15 is 0 Å². The minimum atomic E-state index is -0.316. The van der Waals surface area contributed by atoms with Gasteiger partial charge in [0.15, 0.2) is 5.78 Å². The third-order valence-corrected chi connectivity index (χ3v) is 3.32. The summed E-state index contributed by atoms with van der Waals surface area (Å²) in [6, 6.07) is 4.45. The van der Waals surface area contributed by atoms with Gasteiger partial charge >= 0.3 is 0 Å². The van der Waals surface area contributed by atoms with E-state index in [-0.39, 0.29) is 23.4 Å². The highest BCUT2D eigenvalue weighted by Gasteiger charge is 2.21. The lowest BCUT2D eigenvalue weighted by Gasteiger charge is -2.13. The molecule has 0 fully saturated rings. The number of carbonyl (C=O) groups is 1. The summed E-state index contributed by atoms with van der Waals surface area (Å²) in [6.45, 7) is 5.93. The predicted molar refractivity (Wildman–Crippen MR) is 66.6 cm³/mol. The Balaban J connectivity index is 2.49. The quantitative estimate of drug-likeness (QED) is 0.804. The van der Waals surface area contributed by atoms with Crippen LogP contribution in [0.1, 0.15) is 31.1 Å². The van der Waals surface area contributed by atoms with Crippen LogP contribution in [0, 0.1) is 17.7 Å². The lowest BCUT2D eigenvalue weighted by atomic mass is 9.89. The average molecular weight is 233 g/mol. The molecular weight excluding hydrogens is 217 g/mol. The van der Waals surface area contributed by atoms with Crippen molar-refractivity contribution in [2.24, 2.45) is 11.8 Å². The Morgan fingerprint density at radius 1 is 1.29 bits per heavy atom. The van der Waals surface area contributed by atoms with Crippen LogP contribution < -0.4 is 0 Å². The highest BCUT2D eigenvalue weighted by atomic mass is 19.1. The molecule has 3 heteroatoms. The Morgan fingerprint density at radius 3 is 2.65 bits per heavy atom. The Morgan fingerprint density at radius 2 is 2.00 bits per heavy atom. The average Bonchev–Trinajstić information content (AvgIpc) is 2.69. The molecule has 0 saturated heterocycles. The number of aromatic nitrogens is 1. The molecule has 1 heterocycles. The molecule has 0 radical (unpaired) electrons. The number of nitrogens with one attached hydrogen (secondary N) is 1. The molecule has 0 aliphatic heterocycles. The first kappa shape index (κ1) is 11.8. The molecule has 2 rings (SSSR count). The molecule has 0 aliphatic rings. The van der Waals surface area contributed by atoms with Crippen LogP contribution in [0.25, 0.3) is 10.9 Å². The first-order valence-electron chi connectivity index (χ1n) is 5.81. The Labute approximate surface area is 99.8 Å². The molecular formula is C14H16FNO. The maximum atomic E-state index is 13.2. The first-order valence-corrected chi connectivity index (χ1v) is 5.81. The number of Topliss-reactive ketones (excluding diaryl/α,β-unsaturated/α-hetero) is 1. The van der Waals surface area contributed by atoms with Gasteiger partial charge in [-0.25, -0.2) is 4.39 Å². The SMILES string of the molecule is CC(C)C(C)C(=O)c1c[nH]c2ccc(F)cc12. The second-order valence-corrected chi connectivity index (χ2v) is 4.79. The number of aromatic amines is 1. The summed E-state index contributed by atoms with van der Waals surface area (Å²) < 4.78 is 13.2. The maximum absolute atomic E-state index is 13.2. The third-order valence-electron chi connectivity index (χ3n) is 3.32. The van der Waals surface area contributed by atoms with Crippen LogP contribution in [-0.4, -0.2) is 10.8 Å². The molecule has 0 amide bonds. The number of halogens is 1. The number of ketones is 1. The van der Waals surface area contributed by atoms with E-state index in [1.807, 2.05) is 20.8 Å². The molecule has 2 nitrogen and oxygen atoms in total. The molecule has 0 spiro atoms. The number of hydrogen-bond acceptors (Lipinski definition) is 1. The van der Waals surface area contributed by atoms with Crippen LogP contribution in [-0.2, 0) is 0 Å². The summed E-state index contributed by atoms with van der Waals surface area (Å²) in [5.74, 6) is -0.0292. The van der Waals surface area contributed by atoms with E-state index in [9.17, 15) is 9.18 Å². The molecule has 17 heavy (non-hydrogen) atoms. The topological polar surface area (TPSA) is 32.9 Å². The van der Waals surface area contributed by atoms with Crippen molar-refractivity contribution >= 4 is 16.7 Å². The number of fused-ring (bicyclic) bond motifs is 1. The highest BCUT2D eigenvalue weighted by Crippen LogP contribution is 2.24. The van der Waals surface area contributed by atoms with Crippen molar-refractivity contribution in [3.8, 4) is 0 Å². The van der Waals surface area contributed by atoms with Crippen LogP contribution in [0.15, 0.2) is 24.4 Å². The van der Waals surface area contributed by atoms with Crippen molar-refractivity contribution in [2.75, 3.05) is 0 Å². The normalized spacial score (nSPS) is 13.2. The van der Waals surface area contributed by atoms with E-state index in [1.54, 1.807) is 12.3 Å². The van der Waals surface area contributed by atoms with E-state index in [4.69, 9.17) is 0 Å². The van der Waals surface area contributed by atoms with Gasteiger partial charge in [-0.2, -0.15) is 0 Å². The van der Waals surface area contributed by atoms with Crippen molar-refractivity contribution in [3.63, 3.8) is 0 Å². The standard InChI is InChI=1S/C14H16FNO/c1-8(2)9(3)14(17)12-7-16-13-5-4-10(15)6-11(12)13/h4-9,16H,1-3H3. The van der Waals surface area contributed by atoms with Gasteiger partial charge in [-0.15, -0.1) is 0 Å². The van der Waals surface area contributed by atoms with Gasteiger partial charge < -0.3 is 4.98 Å². The number of hydrogen-bond donors (Lipinski definition) is 1. The van der Waals surface area contributed by atoms with E-state index in [1.165, 1.54) is 12.1 Å². The van der Waals surface area contributed by atoms with Crippen molar-refractivity contribution in [1.82, 2.24) is 4.98 Å². The molecule has 0 bridgehead atoms. The van der Waals surface area contributed by atoms with Crippen molar-refractivity contribution < 1.29 is 9.18 Å². The van der Waals surface area contributed by atoms with Crippen LogP contribution in [0.4, 0.5) is 4.39 Å². The second kappa shape index (κ2) is 4.32. The van der Waals surface area contributed by atoms with E-state index in [0.717, 1.165) is 5.52 Å². The van der Waals surface area contributed by atoms with E-state index < -0.39 is 0 Å². The minimum Gasteiger partial charge on any atom is -0.360 e. The molecule has 1 aromatic heterocycles. The number of benzene rings is 1. The Bertz CT molecular complexity index is 556. The van der Waals surface area contributed by atoms with Gasteiger partial charge in [-0.05, 0) is 24.1 Å². The summed E-state index contributed by atoms with van der Waals surface area (Å²) in [7, 11) is 0. The van der Waals surface area contributed by atoms with E-state index in [0.29, 0.717) is 10.9 Å². The third kappa shape index (κ3) is 2.09. The number of carbonyl (C=O) groups excluding carboxylic acids is 1. The summed E-state index contributed by atoms with van der Waals surface area (Å²) in [5.41, 5.74) is 1.38. The monoisotopic (exact) mass is 233 g/mol. The molecule has 1 N–H and O–H groups in total. The van der Waals surface area contributed by atoms with Gasteiger partial charge in [0.25, 0.3) is 0 Å². The smallest absolute Gasteiger partial charge is 0.168 e. The minimum absolute atomic E-state index is 0.0581. The molecule has 1 atom stereocenters. The van der Waals surface area contributed by atoms with Gasteiger partial charge in [0.05, 0.1) is 0 Å². The summed E-state index contributed by atoms with van der Waals surface area (Å²) in [4.78, 5) is 15.2. The lowest BCUT2D eigenvalue weighted by Crippen LogP contribution is -2.16. The van der Waals surface area contributed by atoms with Gasteiger partial charge in [0.1, 0.15) is 5.82 Å².